The maximum atomic E-state index is 14.3. The molecule has 0 radical (unpaired) electrons. The summed E-state index contributed by atoms with van der Waals surface area (Å²) in [7, 11) is 0. The minimum absolute atomic E-state index is 0.0468. The zero-order chi connectivity index (χ0) is 32.3. The summed E-state index contributed by atoms with van der Waals surface area (Å²) < 4.78 is 12.6. The topological polar surface area (TPSA) is 106 Å². The lowest BCUT2D eigenvalue weighted by Gasteiger charge is -2.58. The molecule has 3 unspecified atom stereocenters. The quantitative estimate of drug-likeness (QED) is 0.371. The normalized spacial score (nSPS) is 36.2. The lowest BCUT2D eigenvalue weighted by molar-refractivity contribution is -0.157. The molecule has 7 fully saturated rings. The van der Waals surface area contributed by atoms with Crippen molar-refractivity contribution in [1.82, 2.24) is 19.4 Å². The number of benzene rings is 1. The number of hydrogen-bond donors (Lipinski definition) is 1. The number of likely N-dealkylation sites (tertiary alicyclic amines) is 1. The van der Waals surface area contributed by atoms with E-state index in [2.05, 4.69) is 25.8 Å². The van der Waals surface area contributed by atoms with Gasteiger partial charge in [-0.3, -0.25) is 24.2 Å². The number of carbonyl (C=O) groups excluding carboxylic acids is 2. The monoisotopic (exact) mass is 645 g/mol. The molecule has 2 aromatic rings. The second kappa shape index (κ2) is 12.5. The van der Waals surface area contributed by atoms with Crippen molar-refractivity contribution < 1.29 is 19.1 Å². The number of fused-ring (bicyclic) bond motifs is 3. The van der Waals surface area contributed by atoms with Gasteiger partial charge in [0.2, 0.25) is 0 Å². The maximum absolute atomic E-state index is 14.3. The van der Waals surface area contributed by atoms with Gasteiger partial charge in [0.1, 0.15) is 0 Å². The Labute approximate surface area is 277 Å². The third kappa shape index (κ3) is 5.38. The molecule has 10 heteroatoms. The van der Waals surface area contributed by atoms with E-state index in [1.54, 1.807) is 13.8 Å². The smallest absolute Gasteiger partial charge is 0.311 e. The Kier molecular flexibility index (Phi) is 8.31. The lowest BCUT2D eigenvalue weighted by atomic mass is 9.73. The second-order valence-electron chi connectivity index (χ2n) is 15.4. The molecule has 1 aromatic heterocycles. The van der Waals surface area contributed by atoms with Gasteiger partial charge in [-0.1, -0.05) is 18.6 Å². The summed E-state index contributed by atoms with van der Waals surface area (Å²) in [5.41, 5.74) is 2.14. The molecule has 3 saturated heterocycles. The fraction of sp³-hybridized carbons (Fsp3) is 0.730. The van der Waals surface area contributed by atoms with Crippen LogP contribution in [-0.2, 0) is 19.1 Å². The van der Waals surface area contributed by atoms with Gasteiger partial charge in [0.25, 0.3) is 5.56 Å². The minimum atomic E-state index is -0.551. The standard InChI is InChI=1S/C37H51N5O5/c1-3-46-35(44)29-21-40(22-30(29)36(45)47-4-2)13-12-38-33-34(43)41(32-11-6-5-10-31(32)39-33)28-17-26-8-7-9-27(18-28)42(26)37-19-23-14-24(20-37)16-25(37)15-23/h5-6,10-11,23-30H,3-4,7-9,12-22H2,1-2H3,(H,38,39)/t23?,24?,25?,26-,27+,28?,29-,30-,37?/m1/s1. The van der Waals surface area contributed by atoms with Crippen molar-refractivity contribution in [3.8, 4) is 0 Å². The molecular weight excluding hydrogens is 594 g/mol. The molecule has 4 aliphatic carbocycles. The molecular formula is C37H51N5O5. The molecule has 7 aliphatic rings. The Hall–Kier alpha value is -2.98. The summed E-state index contributed by atoms with van der Waals surface area (Å²) in [5, 5.41) is 3.36. The Morgan fingerprint density at radius 1 is 0.894 bits per heavy atom. The molecule has 7 atom stereocenters. The van der Waals surface area contributed by atoms with Crippen LogP contribution >= 0.6 is 0 Å². The number of carbonyl (C=O) groups is 2. The van der Waals surface area contributed by atoms with E-state index in [4.69, 9.17) is 14.5 Å². The van der Waals surface area contributed by atoms with Crippen molar-refractivity contribution in [2.24, 2.45) is 29.6 Å². The van der Waals surface area contributed by atoms with Crippen molar-refractivity contribution in [3.05, 3.63) is 34.6 Å². The van der Waals surface area contributed by atoms with Gasteiger partial charge in [-0.05, 0) is 102 Å². The molecule has 1 aromatic carbocycles. The highest BCUT2D eigenvalue weighted by molar-refractivity contribution is 5.83. The average molecular weight is 646 g/mol. The number of aromatic nitrogens is 2. The summed E-state index contributed by atoms with van der Waals surface area (Å²) in [4.78, 5) is 49.6. The third-order valence-electron chi connectivity index (χ3n) is 12.9. The third-order valence-corrected chi connectivity index (χ3v) is 12.9. The Morgan fingerprint density at radius 3 is 2.17 bits per heavy atom. The van der Waals surface area contributed by atoms with Gasteiger partial charge in [0, 0.05) is 49.8 Å². The van der Waals surface area contributed by atoms with Crippen LogP contribution in [0.5, 0.6) is 0 Å². The predicted molar refractivity (Wildman–Crippen MR) is 179 cm³/mol. The summed E-state index contributed by atoms with van der Waals surface area (Å²) in [5.74, 6) is 1.34. The highest BCUT2D eigenvalue weighted by Crippen LogP contribution is 2.65. The number of rotatable bonds is 10. The van der Waals surface area contributed by atoms with Gasteiger partial charge in [-0.25, -0.2) is 4.98 Å². The molecule has 10 nitrogen and oxygen atoms in total. The van der Waals surface area contributed by atoms with E-state index in [-0.39, 0.29) is 36.8 Å². The largest absolute Gasteiger partial charge is 0.466 e. The van der Waals surface area contributed by atoms with Gasteiger partial charge in [-0.2, -0.15) is 0 Å². The van der Waals surface area contributed by atoms with Crippen LogP contribution in [0.3, 0.4) is 0 Å². The minimum Gasteiger partial charge on any atom is -0.466 e. The number of hydrogen-bond acceptors (Lipinski definition) is 9. The van der Waals surface area contributed by atoms with Gasteiger partial charge < -0.3 is 19.4 Å². The van der Waals surface area contributed by atoms with Crippen molar-refractivity contribution in [3.63, 3.8) is 0 Å². The van der Waals surface area contributed by atoms with E-state index in [9.17, 15) is 14.4 Å². The van der Waals surface area contributed by atoms with Crippen LogP contribution in [0.15, 0.2) is 29.1 Å². The van der Waals surface area contributed by atoms with Gasteiger partial charge >= 0.3 is 11.9 Å². The first-order valence-corrected chi connectivity index (χ1v) is 18.5. The van der Waals surface area contributed by atoms with E-state index >= 15 is 0 Å². The van der Waals surface area contributed by atoms with Crippen LogP contribution in [0.4, 0.5) is 5.82 Å². The second-order valence-corrected chi connectivity index (χ2v) is 15.4. The van der Waals surface area contributed by atoms with Gasteiger partial charge in [0.05, 0.1) is 36.1 Å². The molecule has 47 heavy (non-hydrogen) atoms. The van der Waals surface area contributed by atoms with Crippen molar-refractivity contribution in [1.29, 1.82) is 0 Å². The molecule has 4 saturated carbocycles. The first kappa shape index (κ1) is 31.3. The molecule has 0 amide bonds. The molecule has 6 bridgehead atoms. The van der Waals surface area contributed by atoms with Gasteiger partial charge in [0.15, 0.2) is 5.82 Å². The van der Waals surface area contributed by atoms with E-state index in [1.165, 1.54) is 51.4 Å². The number of nitrogens with one attached hydrogen (secondary N) is 1. The summed E-state index contributed by atoms with van der Waals surface area (Å²) >= 11 is 0. The van der Waals surface area contributed by atoms with Crippen molar-refractivity contribution in [2.45, 2.75) is 102 Å². The van der Waals surface area contributed by atoms with Crippen LogP contribution < -0.4 is 10.9 Å². The number of piperidine rings is 2. The number of ether oxygens (including phenoxy) is 2. The van der Waals surface area contributed by atoms with Crippen LogP contribution in [0.1, 0.15) is 84.1 Å². The molecule has 254 valence electrons. The highest BCUT2D eigenvalue weighted by Gasteiger charge is 2.63. The summed E-state index contributed by atoms with van der Waals surface area (Å²) in [6, 6.07) is 9.33. The molecule has 9 rings (SSSR count). The van der Waals surface area contributed by atoms with E-state index in [0.29, 0.717) is 49.6 Å². The SMILES string of the molecule is CCOC(=O)[C@@H]1CN(CCNc2nc3ccccc3n(C3C[C@H]4CCC[C@@H](C3)N4C34CC5CC(CC3C5)C4)c2=O)C[C@H]1C(=O)OCC. The Balaban J connectivity index is 1.00. The Morgan fingerprint density at radius 2 is 1.53 bits per heavy atom. The first-order valence-electron chi connectivity index (χ1n) is 18.5. The summed E-state index contributed by atoms with van der Waals surface area (Å²) in [6.45, 7) is 5.97. The fourth-order valence-electron chi connectivity index (χ4n) is 11.5. The fourth-order valence-corrected chi connectivity index (χ4v) is 11.5. The number of esters is 2. The molecule has 4 heterocycles. The zero-order valence-corrected chi connectivity index (χ0v) is 28.1. The zero-order valence-electron chi connectivity index (χ0n) is 28.1. The van der Waals surface area contributed by atoms with Crippen LogP contribution in [0.25, 0.3) is 11.0 Å². The number of anilines is 1. The summed E-state index contributed by atoms with van der Waals surface area (Å²) in [6.07, 6.45) is 13.0. The van der Waals surface area contributed by atoms with E-state index < -0.39 is 11.8 Å². The lowest BCUT2D eigenvalue weighted by Crippen LogP contribution is -2.63. The Bertz CT molecular complexity index is 1520. The van der Waals surface area contributed by atoms with Crippen molar-refractivity contribution >= 4 is 28.8 Å². The van der Waals surface area contributed by atoms with E-state index in [0.717, 1.165) is 41.6 Å². The number of para-hydroxylation sites is 2. The molecule has 1 N–H and O–H groups in total. The van der Waals surface area contributed by atoms with E-state index in [1.807, 2.05) is 18.2 Å². The van der Waals surface area contributed by atoms with Crippen molar-refractivity contribution in [2.75, 3.05) is 44.7 Å². The molecule has 0 spiro atoms. The molecule has 3 aliphatic heterocycles. The average Bonchev–Trinajstić information content (AvgIpc) is 3.67. The van der Waals surface area contributed by atoms with Crippen LogP contribution in [0.2, 0.25) is 0 Å². The number of nitrogens with zero attached hydrogens (tertiary/aromatic N) is 4. The van der Waals surface area contributed by atoms with Crippen LogP contribution in [0, 0.1) is 29.6 Å². The maximum Gasteiger partial charge on any atom is 0.311 e. The first-order chi connectivity index (χ1) is 22.9. The van der Waals surface area contributed by atoms with Gasteiger partial charge in [-0.15, -0.1) is 0 Å². The predicted octanol–water partition coefficient (Wildman–Crippen LogP) is 4.62. The highest BCUT2D eigenvalue weighted by atomic mass is 16.5. The van der Waals surface area contributed by atoms with Crippen LogP contribution in [-0.4, -0.2) is 88.3 Å².